The Kier molecular flexibility index (Phi) is 4.33. The van der Waals surface area contributed by atoms with Crippen molar-refractivity contribution in [2.75, 3.05) is 5.75 Å². The van der Waals surface area contributed by atoms with Gasteiger partial charge in [-0.2, -0.15) is 5.26 Å². The molecule has 0 aliphatic rings. The Bertz CT molecular complexity index is 997. The second-order valence-electron chi connectivity index (χ2n) is 4.60. The summed E-state index contributed by atoms with van der Waals surface area (Å²) in [5.41, 5.74) is 0.654. The van der Waals surface area contributed by atoms with Crippen molar-refractivity contribution in [1.82, 2.24) is 9.55 Å². The Balaban J connectivity index is 2.32. The van der Waals surface area contributed by atoms with Crippen molar-refractivity contribution in [3.05, 3.63) is 63.7 Å². The highest BCUT2D eigenvalue weighted by atomic mass is 35.5. The van der Waals surface area contributed by atoms with E-state index < -0.39 is 5.82 Å². The number of rotatable bonds is 3. The molecule has 0 N–H and O–H groups in total. The summed E-state index contributed by atoms with van der Waals surface area (Å²) in [6.45, 7) is 0. The quantitative estimate of drug-likeness (QED) is 0.535. The lowest BCUT2D eigenvalue weighted by molar-refractivity contribution is 0.627. The first kappa shape index (κ1) is 15.5. The van der Waals surface area contributed by atoms with Crippen LogP contribution in [0.15, 0.2) is 52.4 Å². The van der Waals surface area contributed by atoms with E-state index in [-0.39, 0.29) is 16.3 Å². The number of hydrogen-bond donors (Lipinski definition) is 0. The molecule has 0 radical (unpaired) electrons. The molecule has 0 saturated heterocycles. The number of aromatic nitrogens is 2. The van der Waals surface area contributed by atoms with Gasteiger partial charge < -0.3 is 0 Å². The summed E-state index contributed by atoms with van der Waals surface area (Å²) < 4.78 is 14.7. The van der Waals surface area contributed by atoms with Crippen LogP contribution in [-0.4, -0.2) is 15.3 Å². The van der Waals surface area contributed by atoms with Crippen LogP contribution in [0.1, 0.15) is 0 Å². The zero-order valence-corrected chi connectivity index (χ0v) is 13.2. The third-order valence-electron chi connectivity index (χ3n) is 3.17. The number of nitrogens with zero attached hydrogens (tertiary/aromatic N) is 3. The van der Waals surface area contributed by atoms with Gasteiger partial charge in [-0.25, -0.2) is 9.37 Å². The molecule has 7 heteroatoms. The number of fused-ring (bicyclic) bond motifs is 1. The molecular formula is C16H9ClFN3OS. The first-order chi connectivity index (χ1) is 11.1. The molecule has 23 heavy (non-hydrogen) atoms. The molecule has 3 rings (SSSR count). The summed E-state index contributed by atoms with van der Waals surface area (Å²) in [7, 11) is 0. The predicted octanol–water partition coefficient (Wildman–Crippen LogP) is 3.79. The van der Waals surface area contributed by atoms with Crippen LogP contribution in [0.5, 0.6) is 0 Å². The molecule has 4 nitrogen and oxygen atoms in total. The molecule has 0 bridgehead atoms. The zero-order chi connectivity index (χ0) is 16.4. The van der Waals surface area contributed by atoms with Crippen molar-refractivity contribution in [2.24, 2.45) is 0 Å². The Hall–Kier alpha value is -2.36. The molecule has 3 aromatic rings. The molecule has 0 spiro atoms. The number of hydrogen-bond acceptors (Lipinski definition) is 4. The van der Waals surface area contributed by atoms with Crippen LogP contribution in [0.2, 0.25) is 5.02 Å². The maximum atomic E-state index is 13.4. The topological polar surface area (TPSA) is 58.7 Å². The standard InChI is InChI=1S/C16H9ClFN3OS/c17-12-9-10(5-6-13(12)18)21-15(22)11-3-1-2-4-14(11)20-16(21)23-8-7-19/h1-6,9H,8H2. The summed E-state index contributed by atoms with van der Waals surface area (Å²) in [6, 6.07) is 12.9. The summed E-state index contributed by atoms with van der Waals surface area (Å²) in [5.74, 6) is -0.428. The predicted molar refractivity (Wildman–Crippen MR) is 88.6 cm³/mol. The number of benzene rings is 2. The Morgan fingerprint density at radius 1 is 1.30 bits per heavy atom. The van der Waals surface area contributed by atoms with E-state index in [9.17, 15) is 9.18 Å². The Morgan fingerprint density at radius 2 is 2.09 bits per heavy atom. The zero-order valence-electron chi connectivity index (χ0n) is 11.7. The maximum absolute atomic E-state index is 13.4. The fraction of sp³-hybridized carbons (Fsp3) is 0.0625. The highest BCUT2D eigenvalue weighted by Gasteiger charge is 2.14. The summed E-state index contributed by atoms with van der Waals surface area (Å²) in [4.78, 5) is 17.2. The van der Waals surface area contributed by atoms with Gasteiger partial charge in [0.25, 0.3) is 5.56 Å². The van der Waals surface area contributed by atoms with Crippen LogP contribution in [0.3, 0.4) is 0 Å². The highest BCUT2D eigenvalue weighted by Crippen LogP contribution is 2.24. The molecule has 0 saturated carbocycles. The smallest absolute Gasteiger partial charge is 0.266 e. The molecule has 1 heterocycles. The first-order valence-corrected chi connectivity index (χ1v) is 7.95. The van der Waals surface area contributed by atoms with Crippen LogP contribution >= 0.6 is 23.4 Å². The van der Waals surface area contributed by atoms with Crippen molar-refractivity contribution in [1.29, 1.82) is 5.26 Å². The third-order valence-corrected chi connectivity index (χ3v) is 4.27. The molecule has 0 aliphatic heterocycles. The van der Waals surface area contributed by atoms with Crippen LogP contribution in [0.4, 0.5) is 4.39 Å². The average molecular weight is 346 g/mol. The minimum Gasteiger partial charge on any atom is -0.268 e. The summed E-state index contributed by atoms with van der Waals surface area (Å²) in [6.07, 6.45) is 0. The van der Waals surface area contributed by atoms with Gasteiger partial charge in [0.05, 0.1) is 33.4 Å². The van der Waals surface area contributed by atoms with Crippen LogP contribution in [0.25, 0.3) is 16.6 Å². The maximum Gasteiger partial charge on any atom is 0.266 e. The normalized spacial score (nSPS) is 10.7. The van der Waals surface area contributed by atoms with Crippen LogP contribution < -0.4 is 5.56 Å². The second kappa shape index (κ2) is 6.41. The van der Waals surface area contributed by atoms with E-state index in [0.717, 1.165) is 11.8 Å². The molecule has 0 amide bonds. The second-order valence-corrected chi connectivity index (χ2v) is 5.95. The number of halogens is 2. The molecule has 0 fully saturated rings. The van der Waals surface area contributed by atoms with Crippen LogP contribution in [-0.2, 0) is 0 Å². The lowest BCUT2D eigenvalue weighted by atomic mass is 10.2. The monoisotopic (exact) mass is 345 g/mol. The number of thioether (sulfide) groups is 1. The van der Waals surface area contributed by atoms with Gasteiger partial charge in [0.15, 0.2) is 5.16 Å². The van der Waals surface area contributed by atoms with E-state index in [1.54, 1.807) is 24.3 Å². The SMILES string of the molecule is N#CCSc1nc2ccccc2c(=O)n1-c1ccc(F)c(Cl)c1. The van der Waals surface area contributed by atoms with E-state index >= 15 is 0 Å². The fourth-order valence-corrected chi connectivity index (χ4v) is 3.01. The Labute approximate surface area is 140 Å². The number of para-hydroxylation sites is 1. The fourth-order valence-electron chi connectivity index (χ4n) is 2.16. The van der Waals surface area contributed by atoms with Gasteiger partial charge in [0, 0.05) is 0 Å². The third kappa shape index (κ3) is 2.93. The van der Waals surface area contributed by atoms with Gasteiger partial charge in [-0.15, -0.1) is 0 Å². The average Bonchev–Trinajstić information content (AvgIpc) is 2.56. The van der Waals surface area contributed by atoms with Gasteiger partial charge in [0.1, 0.15) is 5.82 Å². The molecule has 2 aromatic carbocycles. The van der Waals surface area contributed by atoms with Crippen molar-refractivity contribution in [3.63, 3.8) is 0 Å². The van der Waals surface area contributed by atoms with Crippen molar-refractivity contribution < 1.29 is 4.39 Å². The molecular weight excluding hydrogens is 337 g/mol. The molecule has 0 unspecified atom stereocenters. The van der Waals surface area contributed by atoms with Crippen molar-refractivity contribution >= 4 is 34.3 Å². The minimum atomic E-state index is -0.566. The lowest BCUT2D eigenvalue weighted by Crippen LogP contribution is -2.21. The van der Waals surface area contributed by atoms with Crippen molar-refractivity contribution in [3.8, 4) is 11.8 Å². The van der Waals surface area contributed by atoms with Gasteiger partial charge in [0.2, 0.25) is 0 Å². The molecule has 1 aromatic heterocycles. The van der Waals surface area contributed by atoms with E-state index in [1.165, 1.54) is 22.8 Å². The van der Waals surface area contributed by atoms with E-state index in [4.69, 9.17) is 16.9 Å². The first-order valence-electron chi connectivity index (χ1n) is 6.59. The largest absolute Gasteiger partial charge is 0.268 e. The van der Waals surface area contributed by atoms with E-state index in [0.29, 0.717) is 21.7 Å². The lowest BCUT2D eigenvalue weighted by Gasteiger charge is -2.12. The molecule has 0 atom stereocenters. The van der Waals surface area contributed by atoms with Gasteiger partial charge in [-0.05, 0) is 30.3 Å². The summed E-state index contributed by atoms with van der Waals surface area (Å²) in [5, 5.41) is 9.51. The van der Waals surface area contributed by atoms with Gasteiger partial charge in [-0.3, -0.25) is 9.36 Å². The summed E-state index contributed by atoms with van der Waals surface area (Å²) >= 11 is 6.96. The van der Waals surface area contributed by atoms with Crippen LogP contribution in [0, 0.1) is 17.1 Å². The van der Waals surface area contributed by atoms with Gasteiger partial charge >= 0.3 is 0 Å². The van der Waals surface area contributed by atoms with Crippen molar-refractivity contribution in [2.45, 2.75) is 5.16 Å². The van der Waals surface area contributed by atoms with Gasteiger partial charge in [-0.1, -0.05) is 35.5 Å². The highest BCUT2D eigenvalue weighted by molar-refractivity contribution is 7.99. The minimum absolute atomic E-state index is 0.0845. The number of nitriles is 1. The molecule has 0 aliphatic carbocycles. The van der Waals surface area contributed by atoms with E-state index in [2.05, 4.69) is 4.98 Å². The molecule has 114 valence electrons. The Morgan fingerprint density at radius 3 is 2.83 bits per heavy atom. The van der Waals surface area contributed by atoms with E-state index in [1.807, 2.05) is 6.07 Å².